The van der Waals surface area contributed by atoms with Gasteiger partial charge in [-0.3, -0.25) is 0 Å². The van der Waals surface area contributed by atoms with Gasteiger partial charge in [-0.15, -0.1) is 0 Å². The second-order valence-electron chi connectivity index (χ2n) is 7.69. The summed E-state index contributed by atoms with van der Waals surface area (Å²) in [6.07, 6.45) is 0.249. The van der Waals surface area contributed by atoms with Crippen molar-refractivity contribution < 1.29 is 45.4 Å². The first-order valence-corrected chi connectivity index (χ1v) is 13.8. The van der Waals surface area contributed by atoms with Crippen molar-refractivity contribution in [1.82, 2.24) is 0 Å². The van der Waals surface area contributed by atoms with Gasteiger partial charge in [0, 0.05) is 0 Å². The first kappa shape index (κ1) is 30.8. The predicted octanol–water partition coefficient (Wildman–Crippen LogP) is 3.53. The molecule has 0 aliphatic rings. The van der Waals surface area contributed by atoms with Crippen molar-refractivity contribution in [2.45, 2.75) is 40.5 Å². The Morgan fingerprint density at radius 2 is 1.19 bits per heavy atom. The van der Waals surface area contributed by atoms with Crippen LogP contribution in [0.25, 0.3) is 0 Å². The first-order valence-electron chi connectivity index (χ1n) is 10.6. The molecule has 4 N–H and O–H groups in total. The number of sulfonamides is 2. The number of rotatable bonds is 9. The molecular formula is C22H28F2N2O8S2. The summed E-state index contributed by atoms with van der Waals surface area (Å²) >= 11 is 0. The number of carboxylic acid groups (broad SMARTS) is 2. The Bertz CT molecular complexity index is 1320. The van der Waals surface area contributed by atoms with E-state index in [-0.39, 0.29) is 33.4 Å². The lowest BCUT2D eigenvalue weighted by Gasteiger charge is -2.24. The molecule has 2 rings (SSSR count). The third-order valence-corrected chi connectivity index (χ3v) is 9.38. The van der Waals surface area contributed by atoms with Gasteiger partial charge in [-0.05, 0) is 49.9 Å². The van der Waals surface area contributed by atoms with Gasteiger partial charge in [0.05, 0.1) is 17.2 Å². The van der Waals surface area contributed by atoms with E-state index in [1.165, 1.54) is 45.9 Å². The minimum absolute atomic E-state index is 0.0359. The van der Waals surface area contributed by atoms with Crippen molar-refractivity contribution in [3.63, 3.8) is 0 Å². The van der Waals surface area contributed by atoms with Crippen molar-refractivity contribution in [2.24, 2.45) is 0 Å². The summed E-state index contributed by atoms with van der Waals surface area (Å²) in [6, 6.07) is 4.97. The van der Waals surface area contributed by atoms with Crippen molar-refractivity contribution in [3.8, 4) is 0 Å². The molecule has 2 aromatic rings. The molecule has 0 saturated carbocycles. The number of hydrogen-bond donors (Lipinski definition) is 3. The molecule has 0 aromatic heterocycles. The highest BCUT2D eigenvalue weighted by molar-refractivity contribution is 8.10. The summed E-state index contributed by atoms with van der Waals surface area (Å²) in [6.45, 7) is 5.93. The normalized spacial score (nSPS) is 11.4. The molecule has 0 spiro atoms. The van der Waals surface area contributed by atoms with Crippen LogP contribution in [0.5, 0.6) is 0 Å². The number of nitrogens with two attached hydrogens (primary N) is 1. The highest BCUT2D eigenvalue weighted by Crippen LogP contribution is 2.30. The fourth-order valence-electron chi connectivity index (χ4n) is 3.17. The van der Waals surface area contributed by atoms with Crippen molar-refractivity contribution in [1.29, 1.82) is 0 Å². The van der Waals surface area contributed by atoms with Crippen LogP contribution in [-0.4, -0.2) is 50.5 Å². The van der Waals surface area contributed by atoms with E-state index in [4.69, 9.17) is 15.9 Å². The number of benzene rings is 2. The van der Waals surface area contributed by atoms with Crippen LogP contribution >= 0.6 is 0 Å². The van der Waals surface area contributed by atoms with E-state index in [0.29, 0.717) is 5.56 Å². The van der Waals surface area contributed by atoms with Crippen LogP contribution in [-0.2, 0) is 20.0 Å². The summed E-state index contributed by atoms with van der Waals surface area (Å²) in [7, 11) is -8.74. The Balaban J connectivity index is 0.000000450. The molecule has 0 aliphatic heterocycles. The minimum Gasteiger partial charge on any atom is -0.478 e. The van der Waals surface area contributed by atoms with Gasteiger partial charge in [0.15, 0.2) is 11.6 Å². The summed E-state index contributed by atoms with van der Waals surface area (Å²) in [5, 5.41) is 17.7. The molecule has 0 aliphatic carbocycles. The number of hydrogen-bond acceptors (Lipinski definition) is 7. The number of nitrogen functional groups attached to an aromatic ring is 1. The molecule has 0 atom stereocenters. The maximum Gasteiger partial charge on any atom is 0.339 e. The summed E-state index contributed by atoms with van der Waals surface area (Å²) in [5.74, 6) is -6.16. The zero-order chi connectivity index (χ0) is 28.0. The number of halogens is 2. The molecule has 36 heavy (non-hydrogen) atoms. The van der Waals surface area contributed by atoms with E-state index < -0.39 is 66.4 Å². The quantitative estimate of drug-likeness (QED) is 0.395. The smallest absolute Gasteiger partial charge is 0.339 e. The van der Waals surface area contributed by atoms with Crippen molar-refractivity contribution in [3.05, 3.63) is 58.2 Å². The third kappa shape index (κ3) is 6.91. The SMILES string of the molecule is CCCS(=O)(=O)N(c1ccc(C)c(C(=O)O)c1F)S(=O)(=O)CCC.Cc1ccc(N)c(F)c1C(=O)O. The van der Waals surface area contributed by atoms with E-state index in [1.807, 2.05) is 0 Å². The second kappa shape index (κ2) is 12.1. The van der Waals surface area contributed by atoms with Gasteiger partial charge in [-0.1, -0.05) is 26.0 Å². The summed E-state index contributed by atoms with van der Waals surface area (Å²) in [4.78, 5) is 21.7. The minimum atomic E-state index is -4.37. The van der Waals surface area contributed by atoms with E-state index in [9.17, 15) is 35.2 Å². The van der Waals surface area contributed by atoms with E-state index in [0.717, 1.165) is 6.07 Å². The lowest BCUT2D eigenvalue weighted by Crippen LogP contribution is -2.40. The van der Waals surface area contributed by atoms with Crippen LogP contribution in [0.2, 0.25) is 0 Å². The first-order chi connectivity index (χ1) is 16.5. The van der Waals surface area contributed by atoms with Gasteiger partial charge in [-0.2, -0.15) is 3.71 Å². The monoisotopic (exact) mass is 550 g/mol. The Morgan fingerprint density at radius 3 is 1.56 bits per heavy atom. The molecule has 0 heterocycles. The lowest BCUT2D eigenvalue weighted by atomic mass is 10.1. The molecule has 0 bridgehead atoms. The van der Waals surface area contributed by atoms with Crippen LogP contribution < -0.4 is 9.44 Å². The molecular weight excluding hydrogens is 522 g/mol. The van der Waals surface area contributed by atoms with Gasteiger partial charge >= 0.3 is 11.9 Å². The molecule has 10 nitrogen and oxygen atoms in total. The zero-order valence-electron chi connectivity index (χ0n) is 20.1. The van der Waals surface area contributed by atoms with E-state index >= 15 is 0 Å². The molecule has 14 heteroatoms. The van der Waals surface area contributed by atoms with Gasteiger partial charge < -0.3 is 15.9 Å². The summed E-state index contributed by atoms with van der Waals surface area (Å²) in [5.41, 5.74) is 3.58. The number of carbonyl (C=O) groups is 2. The standard InChI is InChI=1S/C14H20FNO6S2.C8H8FNO2/c1-4-8-23(19,20)16(24(21,22)9-5-2)11-7-6-10(3)12(13(11)15)14(17)18;1-4-2-3-5(10)7(9)6(4)8(11)12/h6-7H,4-5,8-9H2,1-3H3,(H,17,18);2-3H,10H2,1H3,(H,11,12). The van der Waals surface area contributed by atoms with Gasteiger partial charge in [0.25, 0.3) is 0 Å². The van der Waals surface area contributed by atoms with Crippen LogP contribution in [0.4, 0.5) is 20.2 Å². The maximum atomic E-state index is 14.6. The molecule has 0 unspecified atom stereocenters. The number of aryl methyl sites for hydroxylation is 2. The lowest BCUT2D eigenvalue weighted by molar-refractivity contribution is 0.0680. The number of nitrogens with zero attached hydrogens (tertiary/aromatic N) is 1. The predicted molar refractivity (Wildman–Crippen MR) is 131 cm³/mol. The zero-order valence-corrected chi connectivity index (χ0v) is 21.7. The van der Waals surface area contributed by atoms with Crippen LogP contribution in [0.3, 0.4) is 0 Å². The summed E-state index contributed by atoms with van der Waals surface area (Å²) < 4.78 is 77.3. The Kier molecular flexibility index (Phi) is 10.4. The van der Waals surface area contributed by atoms with Gasteiger partial charge in [0.2, 0.25) is 20.0 Å². The average Bonchev–Trinajstić information content (AvgIpc) is 2.72. The van der Waals surface area contributed by atoms with E-state index in [1.54, 1.807) is 0 Å². The number of anilines is 2. The molecule has 2 aromatic carbocycles. The molecule has 200 valence electrons. The van der Waals surface area contributed by atoms with Crippen LogP contribution in [0.1, 0.15) is 58.5 Å². The van der Waals surface area contributed by atoms with Crippen LogP contribution in [0, 0.1) is 25.5 Å². The van der Waals surface area contributed by atoms with Crippen LogP contribution in [0.15, 0.2) is 24.3 Å². The Labute approximate surface area is 208 Å². The Hall–Kier alpha value is -3.26. The molecule has 0 fully saturated rings. The average molecular weight is 551 g/mol. The third-order valence-electron chi connectivity index (χ3n) is 4.76. The highest BCUT2D eigenvalue weighted by Gasteiger charge is 2.36. The topological polar surface area (TPSA) is 172 Å². The fraction of sp³-hybridized carbons (Fsp3) is 0.364. The van der Waals surface area contributed by atoms with E-state index in [2.05, 4.69) is 0 Å². The van der Waals surface area contributed by atoms with Gasteiger partial charge in [0.1, 0.15) is 16.8 Å². The van der Waals surface area contributed by atoms with Crippen molar-refractivity contribution >= 4 is 43.4 Å². The molecule has 0 amide bonds. The number of aromatic carboxylic acids is 2. The second-order valence-corrected chi connectivity index (χ2v) is 11.8. The number of carboxylic acids is 2. The molecule has 0 radical (unpaired) electrons. The molecule has 0 saturated heterocycles. The Morgan fingerprint density at radius 1 is 0.806 bits per heavy atom. The largest absolute Gasteiger partial charge is 0.478 e. The van der Waals surface area contributed by atoms with Gasteiger partial charge in [-0.25, -0.2) is 35.2 Å². The fourth-order valence-corrected chi connectivity index (χ4v) is 7.25. The maximum absolute atomic E-state index is 14.6. The highest BCUT2D eigenvalue weighted by atomic mass is 32.3. The van der Waals surface area contributed by atoms with Crippen molar-refractivity contribution in [2.75, 3.05) is 20.9 Å².